The third-order valence-corrected chi connectivity index (χ3v) is 4.05. The van der Waals surface area contributed by atoms with Gasteiger partial charge in [0.05, 0.1) is 6.04 Å². The maximum absolute atomic E-state index is 12.5. The molecule has 0 fully saturated rings. The topological polar surface area (TPSA) is 46.3 Å². The highest BCUT2D eigenvalue weighted by Gasteiger charge is 2.24. The Bertz CT molecular complexity index is 615. The van der Waals surface area contributed by atoms with Gasteiger partial charge in [0.25, 0.3) is 0 Å². The molecule has 0 aliphatic carbocycles. The van der Waals surface area contributed by atoms with Gasteiger partial charge in [0, 0.05) is 12.1 Å². The highest BCUT2D eigenvalue weighted by molar-refractivity contribution is 6.31. The standard InChI is InChI=1S/C17H19ClN2O/c1-12(14-10-6-7-11-15(14)18)20(2)17(21)16(19)13-8-4-3-5-9-13/h3-12,16H,19H2,1-2H3. The van der Waals surface area contributed by atoms with Crippen LogP contribution in [0.2, 0.25) is 5.02 Å². The maximum Gasteiger partial charge on any atom is 0.244 e. The lowest BCUT2D eigenvalue weighted by Crippen LogP contribution is -2.37. The molecule has 2 aromatic rings. The van der Waals surface area contributed by atoms with Crippen LogP contribution >= 0.6 is 11.6 Å². The van der Waals surface area contributed by atoms with Crippen LogP contribution in [0.25, 0.3) is 0 Å². The van der Waals surface area contributed by atoms with Crippen LogP contribution in [0, 0.1) is 0 Å². The van der Waals surface area contributed by atoms with Gasteiger partial charge in [-0.1, -0.05) is 60.1 Å². The van der Waals surface area contributed by atoms with Crippen molar-refractivity contribution < 1.29 is 4.79 Å². The highest BCUT2D eigenvalue weighted by atomic mass is 35.5. The van der Waals surface area contributed by atoms with E-state index in [9.17, 15) is 4.79 Å². The first-order valence-electron chi connectivity index (χ1n) is 6.84. The lowest BCUT2D eigenvalue weighted by Gasteiger charge is -2.28. The van der Waals surface area contributed by atoms with E-state index in [1.807, 2.05) is 61.5 Å². The van der Waals surface area contributed by atoms with Gasteiger partial charge in [-0.25, -0.2) is 0 Å². The van der Waals surface area contributed by atoms with Gasteiger partial charge in [-0.15, -0.1) is 0 Å². The highest BCUT2D eigenvalue weighted by Crippen LogP contribution is 2.27. The summed E-state index contributed by atoms with van der Waals surface area (Å²) in [4.78, 5) is 14.2. The second-order valence-electron chi connectivity index (χ2n) is 5.03. The first-order chi connectivity index (χ1) is 10.0. The molecule has 2 rings (SSSR count). The molecule has 2 aromatic carbocycles. The summed E-state index contributed by atoms with van der Waals surface area (Å²) in [5.41, 5.74) is 7.79. The number of carbonyl (C=O) groups excluding carboxylic acids is 1. The first kappa shape index (κ1) is 15.5. The summed E-state index contributed by atoms with van der Waals surface area (Å²) in [6.07, 6.45) is 0. The molecule has 21 heavy (non-hydrogen) atoms. The van der Waals surface area contributed by atoms with E-state index >= 15 is 0 Å². The fourth-order valence-corrected chi connectivity index (χ4v) is 2.53. The van der Waals surface area contributed by atoms with Gasteiger partial charge < -0.3 is 10.6 Å². The van der Waals surface area contributed by atoms with Gasteiger partial charge in [-0.05, 0) is 24.1 Å². The van der Waals surface area contributed by atoms with E-state index in [0.717, 1.165) is 11.1 Å². The van der Waals surface area contributed by atoms with Gasteiger partial charge >= 0.3 is 0 Å². The fourth-order valence-electron chi connectivity index (χ4n) is 2.24. The number of hydrogen-bond acceptors (Lipinski definition) is 2. The van der Waals surface area contributed by atoms with Crippen LogP contribution in [-0.4, -0.2) is 17.9 Å². The van der Waals surface area contributed by atoms with Crippen LogP contribution in [0.4, 0.5) is 0 Å². The summed E-state index contributed by atoms with van der Waals surface area (Å²) < 4.78 is 0. The molecule has 0 saturated heterocycles. The molecule has 2 atom stereocenters. The van der Waals surface area contributed by atoms with Crippen molar-refractivity contribution in [3.63, 3.8) is 0 Å². The van der Waals surface area contributed by atoms with E-state index in [2.05, 4.69) is 0 Å². The van der Waals surface area contributed by atoms with Crippen molar-refractivity contribution in [2.24, 2.45) is 5.73 Å². The number of halogens is 1. The lowest BCUT2D eigenvalue weighted by molar-refractivity contribution is -0.133. The number of hydrogen-bond donors (Lipinski definition) is 1. The van der Waals surface area contributed by atoms with E-state index < -0.39 is 6.04 Å². The monoisotopic (exact) mass is 302 g/mol. The number of carbonyl (C=O) groups is 1. The molecule has 0 aliphatic rings. The van der Waals surface area contributed by atoms with Crippen molar-refractivity contribution in [1.29, 1.82) is 0 Å². The van der Waals surface area contributed by atoms with Crippen LogP contribution in [0.15, 0.2) is 54.6 Å². The predicted octanol–water partition coefficient (Wildman–Crippen LogP) is 3.56. The third-order valence-electron chi connectivity index (χ3n) is 3.71. The lowest BCUT2D eigenvalue weighted by atomic mass is 10.0. The summed E-state index contributed by atoms with van der Waals surface area (Å²) >= 11 is 6.20. The second-order valence-corrected chi connectivity index (χ2v) is 5.44. The van der Waals surface area contributed by atoms with E-state index in [1.165, 1.54) is 0 Å². The Balaban J connectivity index is 2.18. The van der Waals surface area contributed by atoms with Gasteiger partial charge in [0.15, 0.2) is 0 Å². The van der Waals surface area contributed by atoms with Crippen molar-refractivity contribution in [3.05, 3.63) is 70.7 Å². The largest absolute Gasteiger partial charge is 0.337 e. The van der Waals surface area contributed by atoms with Crippen molar-refractivity contribution >= 4 is 17.5 Å². The predicted molar refractivity (Wildman–Crippen MR) is 86.0 cm³/mol. The average Bonchev–Trinajstić information content (AvgIpc) is 2.53. The van der Waals surface area contributed by atoms with Gasteiger partial charge in [0.2, 0.25) is 5.91 Å². The molecule has 0 heterocycles. The summed E-state index contributed by atoms with van der Waals surface area (Å²) in [6.45, 7) is 1.94. The normalized spacial score (nSPS) is 13.5. The number of nitrogens with zero attached hydrogens (tertiary/aromatic N) is 1. The summed E-state index contributed by atoms with van der Waals surface area (Å²) in [5, 5.41) is 0.651. The van der Waals surface area contributed by atoms with E-state index in [0.29, 0.717) is 5.02 Å². The Hall–Kier alpha value is -1.84. The summed E-state index contributed by atoms with van der Waals surface area (Å²) in [7, 11) is 1.75. The summed E-state index contributed by atoms with van der Waals surface area (Å²) in [5.74, 6) is -0.131. The molecular formula is C17H19ClN2O. The van der Waals surface area contributed by atoms with Gasteiger partial charge in [0.1, 0.15) is 6.04 Å². The van der Waals surface area contributed by atoms with Gasteiger partial charge in [-0.2, -0.15) is 0 Å². The number of benzene rings is 2. The quantitative estimate of drug-likeness (QED) is 0.938. The number of rotatable bonds is 4. The zero-order valence-electron chi connectivity index (χ0n) is 12.2. The number of amides is 1. The van der Waals surface area contributed by atoms with Crippen LogP contribution in [0.5, 0.6) is 0 Å². The smallest absolute Gasteiger partial charge is 0.244 e. The zero-order chi connectivity index (χ0) is 15.4. The van der Waals surface area contributed by atoms with E-state index in [-0.39, 0.29) is 11.9 Å². The molecular weight excluding hydrogens is 284 g/mol. The van der Waals surface area contributed by atoms with Crippen molar-refractivity contribution in [2.75, 3.05) is 7.05 Å². The van der Waals surface area contributed by atoms with Crippen LogP contribution in [0.3, 0.4) is 0 Å². The Labute approximate surface area is 130 Å². The number of nitrogens with two attached hydrogens (primary N) is 1. The van der Waals surface area contributed by atoms with Crippen molar-refractivity contribution in [3.8, 4) is 0 Å². The van der Waals surface area contributed by atoms with E-state index in [4.69, 9.17) is 17.3 Å². The molecule has 0 spiro atoms. The molecule has 1 amide bonds. The number of likely N-dealkylation sites (N-methyl/N-ethyl adjacent to an activating group) is 1. The Morgan fingerprint density at radius 2 is 1.67 bits per heavy atom. The van der Waals surface area contributed by atoms with Crippen molar-refractivity contribution in [1.82, 2.24) is 4.90 Å². The Kier molecular flexibility index (Phi) is 4.99. The molecule has 2 N–H and O–H groups in total. The fraction of sp³-hybridized carbons (Fsp3) is 0.235. The van der Waals surface area contributed by atoms with Crippen LogP contribution in [-0.2, 0) is 4.79 Å². The van der Waals surface area contributed by atoms with E-state index in [1.54, 1.807) is 11.9 Å². The SMILES string of the molecule is CC(c1ccccc1Cl)N(C)C(=O)C(N)c1ccccc1. The minimum Gasteiger partial charge on any atom is -0.337 e. The molecule has 3 nitrogen and oxygen atoms in total. The summed E-state index contributed by atoms with van der Waals surface area (Å²) in [6, 6.07) is 16.1. The molecule has 2 unspecified atom stereocenters. The first-order valence-corrected chi connectivity index (χ1v) is 7.21. The second kappa shape index (κ2) is 6.74. The minimum atomic E-state index is -0.666. The zero-order valence-corrected chi connectivity index (χ0v) is 12.9. The third kappa shape index (κ3) is 3.43. The molecule has 0 aromatic heterocycles. The maximum atomic E-state index is 12.5. The molecule has 110 valence electrons. The molecule has 0 bridgehead atoms. The molecule has 0 aliphatic heterocycles. The molecule has 0 saturated carbocycles. The van der Waals surface area contributed by atoms with Gasteiger partial charge in [-0.3, -0.25) is 4.79 Å². The average molecular weight is 303 g/mol. The minimum absolute atomic E-state index is 0.131. The van der Waals surface area contributed by atoms with Crippen LogP contribution in [0.1, 0.15) is 30.1 Å². The van der Waals surface area contributed by atoms with Crippen molar-refractivity contribution in [2.45, 2.75) is 19.0 Å². The van der Waals surface area contributed by atoms with Crippen LogP contribution < -0.4 is 5.73 Å². The molecule has 4 heteroatoms. The Morgan fingerprint density at radius 1 is 1.10 bits per heavy atom. The molecule has 0 radical (unpaired) electrons. The Morgan fingerprint density at radius 3 is 2.29 bits per heavy atom.